The molecule has 2 aromatic rings. The second-order valence-electron chi connectivity index (χ2n) is 8.84. The summed E-state index contributed by atoms with van der Waals surface area (Å²) in [6.45, 7) is 1.56. The molecular formula is C24H27N3O6. The summed E-state index contributed by atoms with van der Waals surface area (Å²) >= 11 is 0. The molecule has 4 atom stereocenters. The number of nitrogens with one attached hydrogen (secondary N) is 2. The van der Waals surface area contributed by atoms with Gasteiger partial charge in [0.2, 0.25) is 11.8 Å². The highest BCUT2D eigenvalue weighted by Gasteiger charge is 2.42. The first-order valence-electron chi connectivity index (χ1n) is 11.0. The molecule has 2 amide bonds. The van der Waals surface area contributed by atoms with Gasteiger partial charge in [-0.2, -0.15) is 0 Å². The molecule has 2 heterocycles. The van der Waals surface area contributed by atoms with Crippen LogP contribution in [-0.2, 0) is 38.6 Å². The van der Waals surface area contributed by atoms with Crippen molar-refractivity contribution in [2.24, 2.45) is 5.92 Å². The van der Waals surface area contributed by atoms with Crippen molar-refractivity contribution in [2.45, 2.75) is 57.2 Å². The monoisotopic (exact) mass is 453 g/mol. The van der Waals surface area contributed by atoms with Gasteiger partial charge in [-0.25, -0.2) is 0 Å². The van der Waals surface area contributed by atoms with E-state index < -0.39 is 35.8 Å². The maximum atomic E-state index is 13.2. The van der Waals surface area contributed by atoms with Gasteiger partial charge in [0.1, 0.15) is 17.6 Å². The number of phenolic OH excluding ortho intramolecular Hbond substituents is 1. The Bertz CT molecular complexity index is 1090. The number of aliphatic carboxylic acids is 1. The average Bonchev–Trinajstić information content (AvgIpc) is 3.09. The minimum absolute atomic E-state index is 0.0872. The van der Waals surface area contributed by atoms with E-state index in [2.05, 4.69) is 10.6 Å². The largest absolute Gasteiger partial charge is 0.508 e. The lowest BCUT2D eigenvalue weighted by atomic mass is 9.79. The molecule has 1 aromatic heterocycles. The summed E-state index contributed by atoms with van der Waals surface area (Å²) in [5, 5.41) is 24.6. The summed E-state index contributed by atoms with van der Waals surface area (Å²) in [7, 11) is 0. The van der Waals surface area contributed by atoms with Gasteiger partial charge < -0.3 is 25.4 Å². The van der Waals surface area contributed by atoms with Crippen LogP contribution in [0.3, 0.4) is 0 Å². The summed E-state index contributed by atoms with van der Waals surface area (Å²) in [5.41, 5.74) is 2.55. The molecule has 2 unspecified atom stereocenters. The first-order valence-corrected chi connectivity index (χ1v) is 11.0. The van der Waals surface area contributed by atoms with Crippen molar-refractivity contribution < 1.29 is 29.4 Å². The summed E-state index contributed by atoms with van der Waals surface area (Å²) in [4.78, 5) is 49.7. The van der Waals surface area contributed by atoms with Crippen molar-refractivity contribution in [1.82, 2.24) is 15.2 Å². The number of benzene rings is 1. The molecule has 4 N–H and O–H groups in total. The van der Waals surface area contributed by atoms with Gasteiger partial charge in [0.05, 0.1) is 11.8 Å². The fourth-order valence-electron chi connectivity index (χ4n) is 4.92. The first-order chi connectivity index (χ1) is 15.7. The van der Waals surface area contributed by atoms with Crippen LogP contribution in [0.4, 0.5) is 0 Å². The highest BCUT2D eigenvalue weighted by molar-refractivity contribution is 5.92. The zero-order valence-electron chi connectivity index (χ0n) is 18.3. The third-order valence-corrected chi connectivity index (χ3v) is 6.47. The number of carbonyl (C=O) groups is 4. The molecule has 33 heavy (non-hydrogen) atoms. The van der Waals surface area contributed by atoms with Gasteiger partial charge in [-0.1, -0.05) is 12.1 Å². The second-order valence-corrected chi connectivity index (χ2v) is 8.84. The average molecular weight is 453 g/mol. The van der Waals surface area contributed by atoms with E-state index >= 15 is 0 Å². The lowest BCUT2D eigenvalue weighted by molar-refractivity contribution is -0.144. The van der Waals surface area contributed by atoms with E-state index in [0.717, 1.165) is 16.8 Å². The number of carboxylic acids is 1. The number of carboxylic acid groups (broad SMARTS) is 1. The minimum atomic E-state index is -1.01. The Labute approximate surface area is 190 Å². The predicted octanol–water partition coefficient (Wildman–Crippen LogP) is 1.13. The SMILES string of the molecule is CC(=O)NC(Cc1ccc(O)cc1)C(=O)N[C@H]1CCc2ccn3c2C1C(=O)C[C@H](C(=O)O)C3. The molecule has 1 aliphatic heterocycles. The van der Waals surface area contributed by atoms with Crippen LogP contribution < -0.4 is 10.6 Å². The summed E-state index contributed by atoms with van der Waals surface area (Å²) in [6, 6.07) is 6.96. The van der Waals surface area contributed by atoms with Gasteiger partial charge in [0.15, 0.2) is 0 Å². The number of aryl methyl sites for hydroxylation is 1. The van der Waals surface area contributed by atoms with Crippen molar-refractivity contribution in [3.05, 3.63) is 53.3 Å². The molecule has 0 saturated heterocycles. The van der Waals surface area contributed by atoms with E-state index in [4.69, 9.17) is 0 Å². The van der Waals surface area contributed by atoms with Gasteiger partial charge in [-0.15, -0.1) is 0 Å². The van der Waals surface area contributed by atoms with Crippen LogP contribution in [-0.4, -0.2) is 50.4 Å². The number of rotatable bonds is 6. The quantitative estimate of drug-likeness (QED) is 0.517. The third kappa shape index (κ3) is 4.76. The van der Waals surface area contributed by atoms with E-state index in [1.807, 2.05) is 16.8 Å². The fraction of sp³-hybridized carbons (Fsp3) is 0.417. The molecule has 2 aliphatic rings. The van der Waals surface area contributed by atoms with E-state index in [1.54, 1.807) is 12.1 Å². The Kier molecular flexibility index (Phi) is 6.22. The summed E-state index contributed by atoms with van der Waals surface area (Å²) in [6.07, 6.45) is 3.16. The Morgan fingerprint density at radius 1 is 1.18 bits per heavy atom. The number of amides is 2. The highest BCUT2D eigenvalue weighted by atomic mass is 16.4. The lowest BCUT2D eigenvalue weighted by Crippen LogP contribution is -2.53. The number of aromatic nitrogens is 1. The number of aromatic hydroxyl groups is 1. The van der Waals surface area contributed by atoms with Crippen LogP contribution in [0, 0.1) is 5.92 Å². The van der Waals surface area contributed by atoms with Gasteiger partial charge in [0, 0.05) is 44.2 Å². The number of nitrogens with zero attached hydrogens (tertiary/aromatic N) is 1. The second kappa shape index (κ2) is 9.09. The zero-order valence-corrected chi connectivity index (χ0v) is 18.3. The number of ketones is 1. The topological polar surface area (TPSA) is 138 Å². The van der Waals surface area contributed by atoms with Crippen molar-refractivity contribution in [1.29, 1.82) is 0 Å². The number of carbonyl (C=O) groups excluding carboxylic acids is 3. The van der Waals surface area contributed by atoms with Gasteiger partial charge in [0.25, 0.3) is 0 Å². The minimum Gasteiger partial charge on any atom is -0.508 e. The molecule has 0 radical (unpaired) electrons. The molecule has 0 spiro atoms. The molecule has 1 aliphatic carbocycles. The maximum Gasteiger partial charge on any atom is 0.308 e. The van der Waals surface area contributed by atoms with Gasteiger partial charge in [-0.3, -0.25) is 19.2 Å². The molecule has 9 nitrogen and oxygen atoms in total. The molecule has 4 rings (SSSR count). The van der Waals surface area contributed by atoms with Gasteiger partial charge >= 0.3 is 5.97 Å². The predicted molar refractivity (Wildman–Crippen MR) is 118 cm³/mol. The van der Waals surface area contributed by atoms with Crippen LogP contribution in [0.15, 0.2) is 36.5 Å². The molecular weight excluding hydrogens is 426 g/mol. The molecule has 0 fully saturated rings. The van der Waals surface area contributed by atoms with E-state index in [1.165, 1.54) is 19.1 Å². The van der Waals surface area contributed by atoms with Crippen LogP contribution in [0.25, 0.3) is 0 Å². The standard InChI is InChI=1S/C24H27N3O6/c1-13(28)25-19(10-14-2-5-17(29)6-3-14)23(31)26-18-7-4-15-8-9-27-12-16(24(32)33)11-20(30)21(18)22(15)27/h2-3,5-6,8-9,16,18-19,21,29H,4,7,10-12H2,1H3,(H,25,28)(H,26,31)(H,32,33)/t16-,18-,19?,21?/m0/s1. The molecule has 0 saturated carbocycles. The Morgan fingerprint density at radius 3 is 2.58 bits per heavy atom. The van der Waals surface area contributed by atoms with Crippen LogP contribution in [0.5, 0.6) is 5.75 Å². The van der Waals surface area contributed by atoms with E-state index in [9.17, 15) is 29.4 Å². The van der Waals surface area contributed by atoms with Crippen molar-refractivity contribution >= 4 is 23.6 Å². The number of phenols is 1. The molecule has 9 heteroatoms. The first kappa shape index (κ1) is 22.6. The molecule has 1 aromatic carbocycles. The Hall–Kier alpha value is -3.62. The Morgan fingerprint density at radius 2 is 1.91 bits per heavy atom. The summed E-state index contributed by atoms with van der Waals surface area (Å²) < 4.78 is 1.84. The smallest absolute Gasteiger partial charge is 0.308 e. The molecule has 0 bridgehead atoms. The maximum absolute atomic E-state index is 13.2. The molecule has 174 valence electrons. The Balaban J connectivity index is 1.56. The zero-order chi connectivity index (χ0) is 23.7. The lowest BCUT2D eigenvalue weighted by Gasteiger charge is -2.33. The number of hydrogen-bond acceptors (Lipinski definition) is 5. The van der Waals surface area contributed by atoms with Gasteiger partial charge in [-0.05, 0) is 42.2 Å². The number of hydrogen-bond donors (Lipinski definition) is 4. The van der Waals surface area contributed by atoms with Crippen LogP contribution >= 0.6 is 0 Å². The fourth-order valence-corrected chi connectivity index (χ4v) is 4.92. The van der Waals surface area contributed by atoms with Crippen molar-refractivity contribution in [2.75, 3.05) is 0 Å². The highest BCUT2D eigenvalue weighted by Crippen LogP contribution is 2.38. The van der Waals surface area contributed by atoms with E-state index in [0.29, 0.717) is 12.8 Å². The van der Waals surface area contributed by atoms with Crippen LogP contribution in [0.1, 0.15) is 42.5 Å². The third-order valence-electron chi connectivity index (χ3n) is 6.47. The van der Waals surface area contributed by atoms with Crippen LogP contribution in [0.2, 0.25) is 0 Å². The summed E-state index contributed by atoms with van der Waals surface area (Å²) in [5.74, 6) is -3.29. The van der Waals surface area contributed by atoms with E-state index in [-0.39, 0.29) is 36.8 Å². The number of Topliss-reactive ketones (excluding diaryl/α,β-unsaturated/α-hetero) is 1. The normalized spacial score (nSPS) is 22.6. The van der Waals surface area contributed by atoms with Crippen molar-refractivity contribution in [3.63, 3.8) is 0 Å². The van der Waals surface area contributed by atoms with Crippen molar-refractivity contribution in [3.8, 4) is 5.75 Å².